The Morgan fingerprint density at radius 1 is 0.397 bits per heavy atom. The van der Waals surface area contributed by atoms with Crippen molar-refractivity contribution in [3.63, 3.8) is 0 Å². The highest BCUT2D eigenvalue weighted by Crippen LogP contribution is 2.37. The maximum Gasteiger partial charge on any atom is 0.160 e. The van der Waals surface area contributed by atoms with Gasteiger partial charge in [-0.2, -0.15) is 0 Å². The van der Waals surface area contributed by atoms with Crippen LogP contribution >= 0.6 is 0 Å². The molecule has 0 aliphatic carbocycles. The van der Waals surface area contributed by atoms with Crippen molar-refractivity contribution < 1.29 is 0 Å². The zero-order valence-corrected chi connectivity index (χ0v) is 34.4. The molecule has 11 aromatic rings. The van der Waals surface area contributed by atoms with Crippen LogP contribution in [0.25, 0.3) is 88.9 Å². The number of hydrogen-bond acceptors (Lipinski definition) is 3. The predicted molar refractivity (Wildman–Crippen MR) is 262 cm³/mol. The van der Waals surface area contributed by atoms with Crippen LogP contribution in [0.4, 0.5) is 0 Å². The normalized spacial score (nSPS) is 11.7. The minimum Gasteiger partial charge on any atom is -0.309 e. The third kappa shape index (κ3) is 7.20. The summed E-state index contributed by atoms with van der Waals surface area (Å²) in [7, 11) is 0. The summed E-state index contributed by atoms with van der Waals surface area (Å²) < 4.78 is 2.33. The van der Waals surface area contributed by atoms with Gasteiger partial charge in [0.15, 0.2) is 5.82 Å². The maximum atomic E-state index is 9.10. The third-order valence-electron chi connectivity index (χ3n) is 11.9. The Balaban J connectivity index is 1.02. The molecule has 63 heavy (non-hydrogen) atoms. The van der Waals surface area contributed by atoms with Crippen LogP contribution in [0.2, 0.25) is 0 Å². The van der Waals surface area contributed by atoms with Crippen molar-refractivity contribution in [3.8, 4) is 50.7 Å². The van der Waals surface area contributed by atoms with Gasteiger partial charge in [0.1, 0.15) is 0 Å². The molecule has 0 spiro atoms. The van der Waals surface area contributed by atoms with Crippen molar-refractivity contribution >= 4 is 43.9 Å². The molecule has 2 heterocycles. The van der Waals surface area contributed by atoms with Crippen LogP contribution in [0.1, 0.15) is 16.7 Å². The molecule has 11 rings (SSSR count). The Hall–Kier alpha value is -8.47. The van der Waals surface area contributed by atoms with E-state index in [1.165, 1.54) is 10.8 Å². The lowest BCUT2D eigenvalue weighted by atomic mass is 9.90. The molecule has 4 nitrogen and oxygen atoms in total. The maximum absolute atomic E-state index is 9.10. The lowest BCUT2D eigenvalue weighted by molar-refractivity contribution is 1.16. The Kier molecular flexibility index (Phi) is 9.64. The summed E-state index contributed by atoms with van der Waals surface area (Å²) in [5, 5.41) is 13.8. The number of benzene rings is 9. The summed E-state index contributed by atoms with van der Waals surface area (Å²) in [6.45, 7) is 0. The van der Waals surface area contributed by atoms with Crippen LogP contribution in [0.15, 0.2) is 237 Å². The quantitative estimate of drug-likeness (QED) is 0.148. The smallest absolute Gasteiger partial charge is 0.160 e. The molecule has 0 saturated heterocycles. The average Bonchev–Trinajstić information content (AvgIpc) is 3.70. The third-order valence-corrected chi connectivity index (χ3v) is 11.9. The van der Waals surface area contributed by atoms with Gasteiger partial charge < -0.3 is 9.98 Å². The molecular weight excluding hydrogens is 765 g/mol. The lowest BCUT2D eigenvalue weighted by Crippen LogP contribution is -1.98. The number of nitrogens with one attached hydrogen (secondary N) is 1. The molecule has 0 fully saturated rings. The van der Waals surface area contributed by atoms with E-state index in [0.717, 1.165) is 89.0 Å². The van der Waals surface area contributed by atoms with E-state index in [0.29, 0.717) is 11.5 Å². The van der Waals surface area contributed by atoms with Crippen molar-refractivity contribution in [1.29, 1.82) is 5.41 Å². The minimum atomic E-state index is 0.466. The highest BCUT2D eigenvalue weighted by atomic mass is 15.0. The summed E-state index contributed by atoms with van der Waals surface area (Å²) in [5.74, 6) is 0.663. The van der Waals surface area contributed by atoms with Crippen molar-refractivity contribution in [1.82, 2.24) is 14.5 Å². The molecule has 2 aromatic heterocycles. The monoisotopic (exact) mass is 804 g/mol. The summed E-state index contributed by atoms with van der Waals surface area (Å²) in [5.41, 5.74) is 14.7. The number of para-hydroxylation sites is 2. The second-order valence-electron chi connectivity index (χ2n) is 15.8. The first-order chi connectivity index (χ1) is 31.1. The summed E-state index contributed by atoms with van der Waals surface area (Å²) in [6, 6.07) is 80.3. The minimum absolute atomic E-state index is 0.466. The van der Waals surface area contributed by atoms with Gasteiger partial charge in [-0.15, -0.1) is 0 Å². The standard InChI is InChI=1S/C59H40N4/c60-54(42-19-6-2-7-20-42)38-53(40-17-4-1-5-18-40)49-30-16-23-41-33-34-45(37-52(41)49)44-24-14-25-46(35-44)56-39-55(43-21-8-3-9-22-43)61-59(62-56)47-26-15-27-48(36-47)63-57-31-12-10-28-50(57)51-29-11-13-32-58(51)63/h1-39,60H/b53-38-,60-54?. The molecule has 0 atom stereocenters. The summed E-state index contributed by atoms with van der Waals surface area (Å²) in [6.07, 6.45) is 2.00. The van der Waals surface area contributed by atoms with Gasteiger partial charge in [-0.3, -0.25) is 0 Å². The van der Waals surface area contributed by atoms with E-state index in [1.54, 1.807) is 0 Å². The molecule has 296 valence electrons. The van der Waals surface area contributed by atoms with Crippen LogP contribution in [-0.4, -0.2) is 20.2 Å². The van der Waals surface area contributed by atoms with E-state index in [9.17, 15) is 0 Å². The Morgan fingerprint density at radius 2 is 0.952 bits per heavy atom. The van der Waals surface area contributed by atoms with Crippen molar-refractivity contribution in [2.45, 2.75) is 0 Å². The molecule has 4 heteroatoms. The topological polar surface area (TPSA) is 54.6 Å². The zero-order valence-electron chi connectivity index (χ0n) is 34.4. The molecule has 0 unspecified atom stereocenters. The van der Waals surface area contributed by atoms with E-state index in [4.69, 9.17) is 15.4 Å². The average molecular weight is 805 g/mol. The molecule has 0 amide bonds. The van der Waals surface area contributed by atoms with Gasteiger partial charge >= 0.3 is 0 Å². The second-order valence-corrected chi connectivity index (χ2v) is 15.8. The van der Waals surface area contributed by atoms with E-state index >= 15 is 0 Å². The molecule has 0 radical (unpaired) electrons. The van der Waals surface area contributed by atoms with Crippen LogP contribution < -0.4 is 0 Å². The Labute approximate surface area is 366 Å². The second kappa shape index (κ2) is 16.2. The first-order valence-corrected chi connectivity index (χ1v) is 21.2. The van der Waals surface area contributed by atoms with Gasteiger partial charge in [0.05, 0.1) is 28.1 Å². The molecule has 0 aliphatic heterocycles. The van der Waals surface area contributed by atoms with Gasteiger partial charge in [0, 0.05) is 33.2 Å². The number of fused-ring (bicyclic) bond motifs is 4. The Bertz CT molecular complexity index is 3460. The number of allylic oxidation sites excluding steroid dienone is 1. The van der Waals surface area contributed by atoms with Crippen LogP contribution in [0, 0.1) is 5.41 Å². The molecule has 1 N–H and O–H groups in total. The van der Waals surface area contributed by atoms with E-state index < -0.39 is 0 Å². The largest absolute Gasteiger partial charge is 0.309 e. The fourth-order valence-corrected chi connectivity index (χ4v) is 8.79. The van der Waals surface area contributed by atoms with E-state index in [2.05, 4.69) is 193 Å². The number of aromatic nitrogens is 3. The highest BCUT2D eigenvalue weighted by molar-refractivity contribution is 6.14. The number of rotatable bonds is 9. The predicted octanol–water partition coefficient (Wildman–Crippen LogP) is 14.9. The fourth-order valence-electron chi connectivity index (χ4n) is 8.79. The lowest BCUT2D eigenvalue weighted by Gasteiger charge is -2.15. The van der Waals surface area contributed by atoms with Crippen LogP contribution in [0.3, 0.4) is 0 Å². The Morgan fingerprint density at radius 3 is 1.68 bits per heavy atom. The van der Waals surface area contributed by atoms with Crippen molar-refractivity contribution in [2.75, 3.05) is 0 Å². The van der Waals surface area contributed by atoms with Crippen molar-refractivity contribution in [3.05, 3.63) is 253 Å². The number of hydrogen-bond donors (Lipinski definition) is 1. The van der Waals surface area contributed by atoms with Crippen LogP contribution in [0.5, 0.6) is 0 Å². The van der Waals surface area contributed by atoms with Gasteiger partial charge in [-0.1, -0.05) is 188 Å². The first kappa shape index (κ1) is 37.5. The first-order valence-electron chi connectivity index (χ1n) is 21.2. The zero-order chi connectivity index (χ0) is 42.1. The van der Waals surface area contributed by atoms with E-state index in [-0.39, 0.29) is 0 Å². The van der Waals surface area contributed by atoms with Gasteiger partial charge in [-0.05, 0) is 92.7 Å². The molecule has 0 aliphatic rings. The molecule has 0 bridgehead atoms. The van der Waals surface area contributed by atoms with E-state index in [1.807, 2.05) is 48.5 Å². The molecule has 9 aromatic carbocycles. The van der Waals surface area contributed by atoms with Gasteiger partial charge in [0.2, 0.25) is 0 Å². The molecular formula is C59H40N4. The van der Waals surface area contributed by atoms with Gasteiger partial charge in [-0.25, -0.2) is 9.97 Å². The SMILES string of the molecule is N=C(/C=C(/c1ccccc1)c1cccc2ccc(-c3cccc(-c4cc(-c5ccccc5)nc(-c5cccc(-n6c7ccccc7c7ccccc76)c5)n4)c3)cc12)c1ccccc1. The fraction of sp³-hybridized carbons (Fsp3) is 0. The van der Waals surface area contributed by atoms with Crippen molar-refractivity contribution in [2.24, 2.45) is 0 Å². The van der Waals surface area contributed by atoms with Crippen LogP contribution in [-0.2, 0) is 0 Å². The van der Waals surface area contributed by atoms with Gasteiger partial charge in [0.25, 0.3) is 0 Å². The summed E-state index contributed by atoms with van der Waals surface area (Å²) >= 11 is 0. The highest BCUT2D eigenvalue weighted by Gasteiger charge is 2.17. The number of nitrogens with zero attached hydrogens (tertiary/aromatic N) is 3. The summed E-state index contributed by atoms with van der Waals surface area (Å²) in [4.78, 5) is 10.5. The molecule has 0 saturated carbocycles.